The third-order valence-electron chi connectivity index (χ3n) is 2.95. The highest BCUT2D eigenvalue weighted by Crippen LogP contribution is 2.22. The smallest absolute Gasteiger partial charge is 0.00651 e. The van der Waals surface area contributed by atoms with E-state index in [0.29, 0.717) is 23.8 Å². The van der Waals surface area contributed by atoms with Crippen LogP contribution in [0.25, 0.3) is 0 Å². The molecule has 2 nitrogen and oxygen atoms in total. The van der Waals surface area contributed by atoms with Crippen LogP contribution < -0.4 is 11.5 Å². The molecular weight excluding hydrogens is 148 g/mol. The van der Waals surface area contributed by atoms with Crippen molar-refractivity contribution in [2.24, 2.45) is 29.2 Å². The molecule has 0 fully saturated rings. The average molecular weight is 172 g/mol. The second kappa shape index (κ2) is 5.55. The first kappa shape index (κ1) is 11.9. The third kappa shape index (κ3) is 3.11. The standard InChI is InChI=1S/C10H24N2/c1-5-10(12)8(4)9(6-11)7(2)3/h7-10H,5-6,11-12H2,1-4H3. The molecule has 0 saturated heterocycles. The molecule has 0 rings (SSSR count). The second-order valence-electron chi connectivity index (χ2n) is 4.07. The summed E-state index contributed by atoms with van der Waals surface area (Å²) < 4.78 is 0. The summed E-state index contributed by atoms with van der Waals surface area (Å²) in [5, 5.41) is 0. The van der Waals surface area contributed by atoms with E-state index in [2.05, 4.69) is 27.7 Å². The average Bonchev–Trinajstić information content (AvgIpc) is 2.03. The Kier molecular flexibility index (Phi) is 5.51. The van der Waals surface area contributed by atoms with Crippen molar-refractivity contribution in [1.29, 1.82) is 0 Å². The lowest BCUT2D eigenvalue weighted by molar-refractivity contribution is 0.239. The molecule has 0 saturated carbocycles. The Morgan fingerprint density at radius 2 is 1.67 bits per heavy atom. The predicted octanol–water partition coefficient (Wildman–Crippen LogP) is 1.59. The van der Waals surface area contributed by atoms with Gasteiger partial charge in [-0.05, 0) is 30.7 Å². The van der Waals surface area contributed by atoms with Crippen molar-refractivity contribution in [3.05, 3.63) is 0 Å². The van der Waals surface area contributed by atoms with Crippen LogP contribution in [0.15, 0.2) is 0 Å². The summed E-state index contributed by atoms with van der Waals surface area (Å²) in [5.41, 5.74) is 11.7. The quantitative estimate of drug-likeness (QED) is 0.661. The molecule has 3 atom stereocenters. The molecule has 12 heavy (non-hydrogen) atoms. The van der Waals surface area contributed by atoms with E-state index in [4.69, 9.17) is 11.5 Å². The highest BCUT2D eigenvalue weighted by atomic mass is 14.7. The van der Waals surface area contributed by atoms with Gasteiger partial charge in [0.1, 0.15) is 0 Å². The van der Waals surface area contributed by atoms with Crippen LogP contribution in [-0.4, -0.2) is 12.6 Å². The van der Waals surface area contributed by atoms with Gasteiger partial charge in [-0.1, -0.05) is 27.7 Å². The van der Waals surface area contributed by atoms with Crippen molar-refractivity contribution in [2.45, 2.75) is 40.2 Å². The van der Waals surface area contributed by atoms with Gasteiger partial charge in [-0.3, -0.25) is 0 Å². The molecule has 0 heterocycles. The van der Waals surface area contributed by atoms with Crippen molar-refractivity contribution in [2.75, 3.05) is 6.54 Å². The van der Waals surface area contributed by atoms with Gasteiger partial charge in [0.2, 0.25) is 0 Å². The molecule has 0 spiro atoms. The van der Waals surface area contributed by atoms with E-state index in [1.54, 1.807) is 0 Å². The number of nitrogens with two attached hydrogens (primary N) is 2. The Morgan fingerprint density at radius 3 is 1.92 bits per heavy atom. The molecule has 0 aromatic heterocycles. The lowest BCUT2D eigenvalue weighted by Crippen LogP contribution is -2.38. The Morgan fingerprint density at radius 1 is 1.17 bits per heavy atom. The van der Waals surface area contributed by atoms with Crippen molar-refractivity contribution >= 4 is 0 Å². The number of hydrogen-bond acceptors (Lipinski definition) is 2. The predicted molar refractivity (Wildman–Crippen MR) is 54.8 cm³/mol. The summed E-state index contributed by atoms with van der Waals surface area (Å²) in [7, 11) is 0. The number of hydrogen-bond donors (Lipinski definition) is 2. The van der Waals surface area contributed by atoms with E-state index >= 15 is 0 Å². The fourth-order valence-electron chi connectivity index (χ4n) is 1.78. The minimum atomic E-state index is 0.306. The van der Waals surface area contributed by atoms with Gasteiger partial charge in [-0.15, -0.1) is 0 Å². The Balaban J connectivity index is 4.10. The SMILES string of the molecule is CCC(N)C(C)C(CN)C(C)C. The molecule has 0 aliphatic heterocycles. The van der Waals surface area contributed by atoms with Crippen molar-refractivity contribution < 1.29 is 0 Å². The van der Waals surface area contributed by atoms with Crippen LogP contribution in [0.3, 0.4) is 0 Å². The van der Waals surface area contributed by atoms with Gasteiger partial charge in [0.05, 0.1) is 0 Å². The highest BCUT2D eigenvalue weighted by Gasteiger charge is 2.23. The van der Waals surface area contributed by atoms with Crippen LogP contribution in [0.2, 0.25) is 0 Å². The van der Waals surface area contributed by atoms with Crippen LogP contribution in [-0.2, 0) is 0 Å². The largest absolute Gasteiger partial charge is 0.330 e. The van der Waals surface area contributed by atoms with E-state index < -0.39 is 0 Å². The second-order valence-corrected chi connectivity index (χ2v) is 4.07. The van der Waals surface area contributed by atoms with Crippen LogP contribution in [0.1, 0.15) is 34.1 Å². The van der Waals surface area contributed by atoms with Crippen LogP contribution in [0.4, 0.5) is 0 Å². The van der Waals surface area contributed by atoms with E-state index in [1.807, 2.05) is 0 Å². The van der Waals surface area contributed by atoms with Crippen LogP contribution >= 0.6 is 0 Å². The maximum Gasteiger partial charge on any atom is 0.00651 e. The van der Waals surface area contributed by atoms with Gasteiger partial charge < -0.3 is 11.5 Å². The summed E-state index contributed by atoms with van der Waals surface area (Å²) >= 11 is 0. The van der Waals surface area contributed by atoms with Crippen molar-refractivity contribution in [3.8, 4) is 0 Å². The monoisotopic (exact) mass is 172 g/mol. The summed E-state index contributed by atoms with van der Waals surface area (Å²) in [6.07, 6.45) is 1.05. The Bertz CT molecular complexity index is 112. The zero-order chi connectivity index (χ0) is 9.72. The highest BCUT2D eigenvalue weighted by molar-refractivity contribution is 4.77. The minimum absolute atomic E-state index is 0.306. The zero-order valence-corrected chi connectivity index (χ0v) is 8.88. The molecule has 74 valence electrons. The molecule has 2 heteroatoms. The van der Waals surface area contributed by atoms with Gasteiger partial charge in [0, 0.05) is 6.04 Å². The maximum absolute atomic E-state index is 5.98. The summed E-state index contributed by atoms with van der Waals surface area (Å²) in [4.78, 5) is 0. The topological polar surface area (TPSA) is 52.0 Å². The molecule has 3 unspecified atom stereocenters. The van der Waals surface area contributed by atoms with Gasteiger partial charge in [0.15, 0.2) is 0 Å². The van der Waals surface area contributed by atoms with Crippen molar-refractivity contribution in [3.63, 3.8) is 0 Å². The first-order chi connectivity index (χ1) is 5.54. The lowest BCUT2D eigenvalue weighted by atomic mass is 9.80. The van der Waals surface area contributed by atoms with Gasteiger partial charge in [-0.25, -0.2) is 0 Å². The molecule has 4 N–H and O–H groups in total. The van der Waals surface area contributed by atoms with Crippen molar-refractivity contribution in [1.82, 2.24) is 0 Å². The van der Waals surface area contributed by atoms with E-state index in [0.717, 1.165) is 13.0 Å². The van der Waals surface area contributed by atoms with Gasteiger partial charge in [0.25, 0.3) is 0 Å². The van der Waals surface area contributed by atoms with Gasteiger partial charge in [-0.2, -0.15) is 0 Å². The Hall–Kier alpha value is -0.0800. The molecule has 0 aliphatic carbocycles. The van der Waals surface area contributed by atoms with E-state index in [-0.39, 0.29) is 0 Å². The molecule has 0 aliphatic rings. The van der Waals surface area contributed by atoms with E-state index in [1.165, 1.54) is 0 Å². The van der Waals surface area contributed by atoms with E-state index in [9.17, 15) is 0 Å². The molecule has 0 aromatic rings. The molecule has 0 bridgehead atoms. The maximum atomic E-state index is 5.98. The minimum Gasteiger partial charge on any atom is -0.330 e. The fraction of sp³-hybridized carbons (Fsp3) is 1.00. The number of rotatable bonds is 5. The zero-order valence-electron chi connectivity index (χ0n) is 8.88. The third-order valence-corrected chi connectivity index (χ3v) is 2.95. The molecule has 0 amide bonds. The molecule has 0 aromatic carbocycles. The van der Waals surface area contributed by atoms with Crippen LogP contribution in [0, 0.1) is 17.8 Å². The lowest BCUT2D eigenvalue weighted by Gasteiger charge is -2.30. The Labute approximate surface area is 76.7 Å². The summed E-state index contributed by atoms with van der Waals surface area (Å²) in [5.74, 6) is 1.75. The molecular formula is C10H24N2. The van der Waals surface area contributed by atoms with Crippen LogP contribution in [0.5, 0.6) is 0 Å². The first-order valence-corrected chi connectivity index (χ1v) is 5.00. The normalized spacial score (nSPS) is 19.2. The summed E-state index contributed by atoms with van der Waals surface area (Å²) in [6.45, 7) is 9.54. The van der Waals surface area contributed by atoms with Gasteiger partial charge >= 0.3 is 0 Å². The summed E-state index contributed by atoms with van der Waals surface area (Å²) in [6, 6.07) is 0.306. The first-order valence-electron chi connectivity index (χ1n) is 5.00. The fourth-order valence-corrected chi connectivity index (χ4v) is 1.78. The molecule has 0 radical (unpaired) electrons.